The standard InChI is InChI=1S/C16H16Cl2FN3O3/c1-8-11(6-15(23)20-14(7-19)16(24)25)9(2)22(21-8)10-3-4-12(17)13(18)5-10/h3-5,14H,6-7H2,1-2H3,(H,20,23)(H,24,25). The summed E-state index contributed by atoms with van der Waals surface area (Å²) in [6, 6.07) is 3.47. The van der Waals surface area contributed by atoms with Crippen LogP contribution in [0.2, 0.25) is 10.0 Å². The molecule has 0 spiro atoms. The van der Waals surface area contributed by atoms with Gasteiger partial charge in [0, 0.05) is 11.3 Å². The lowest BCUT2D eigenvalue weighted by Gasteiger charge is -2.11. The maximum absolute atomic E-state index is 12.6. The fraction of sp³-hybridized carbons (Fsp3) is 0.312. The zero-order chi connectivity index (χ0) is 18.7. The molecular formula is C16H16Cl2FN3O3. The highest BCUT2D eigenvalue weighted by molar-refractivity contribution is 6.42. The summed E-state index contributed by atoms with van der Waals surface area (Å²) in [6.07, 6.45) is -0.108. The van der Waals surface area contributed by atoms with Crippen molar-refractivity contribution in [1.82, 2.24) is 15.1 Å². The summed E-state index contributed by atoms with van der Waals surface area (Å²) in [7, 11) is 0. The number of aliphatic carboxylic acids is 1. The van der Waals surface area contributed by atoms with Gasteiger partial charge in [0.05, 0.1) is 27.8 Å². The molecule has 0 saturated heterocycles. The van der Waals surface area contributed by atoms with E-state index in [0.717, 1.165) is 0 Å². The molecule has 0 bridgehead atoms. The number of hydrogen-bond acceptors (Lipinski definition) is 3. The minimum absolute atomic E-state index is 0.108. The number of benzene rings is 1. The lowest BCUT2D eigenvalue weighted by molar-refractivity contribution is -0.142. The second kappa shape index (κ2) is 7.84. The van der Waals surface area contributed by atoms with E-state index in [9.17, 15) is 14.0 Å². The van der Waals surface area contributed by atoms with Crippen LogP contribution in [0.25, 0.3) is 5.69 Å². The van der Waals surface area contributed by atoms with Crippen LogP contribution >= 0.6 is 23.2 Å². The van der Waals surface area contributed by atoms with Crippen molar-refractivity contribution in [2.24, 2.45) is 0 Å². The number of nitrogens with zero attached hydrogens (tertiary/aromatic N) is 2. The number of halogens is 3. The molecule has 0 aliphatic rings. The van der Waals surface area contributed by atoms with E-state index in [0.29, 0.717) is 32.7 Å². The van der Waals surface area contributed by atoms with E-state index in [1.54, 1.807) is 36.7 Å². The van der Waals surface area contributed by atoms with Gasteiger partial charge in [0.2, 0.25) is 5.91 Å². The van der Waals surface area contributed by atoms with E-state index in [2.05, 4.69) is 10.4 Å². The van der Waals surface area contributed by atoms with Crippen molar-refractivity contribution < 1.29 is 19.1 Å². The number of carbonyl (C=O) groups excluding carboxylic acids is 1. The molecule has 1 atom stereocenters. The van der Waals surface area contributed by atoms with Gasteiger partial charge >= 0.3 is 5.97 Å². The van der Waals surface area contributed by atoms with Crippen LogP contribution in [-0.2, 0) is 16.0 Å². The van der Waals surface area contributed by atoms with Crippen molar-refractivity contribution in [3.63, 3.8) is 0 Å². The first kappa shape index (κ1) is 19.2. The van der Waals surface area contributed by atoms with Crippen molar-refractivity contribution in [1.29, 1.82) is 0 Å². The smallest absolute Gasteiger partial charge is 0.328 e. The Morgan fingerprint density at radius 1 is 1.32 bits per heavy atom. The van der Waals surface area contributed by atoms with Crippen LogP contribution in [0.5, 0.6) is 0 Å². The van der Waals surface area contributed by atoms with Gasteiger partial charge < -0.3 is 10.4 Å². The van der Waals surface area contributed by atoms with Crippen molar-refractivity contribution in [3.8, 4) is 5.69 Å². The van der Waals surface area contributed by atoms with Gasteiger partial charge in [-0.1, -0.05) is 23.2 Å². The highest BCUT2D eigenvalue weighted by atomic mass is 35.5. The second-order valence-corrected chi connectivity index (χ2v) is 6.26. The van der Waals surface area contributed by atoms with Gasteiger partial charge in [0.1, 0.15) is 6.67 Å². The fourth-order valence-electron chi connectivity index (χ4n) is 2.37. The van der Waals surface area contributed by atoms with E-state index in [1.807, 2.05) is 0 Å². The molecule has 1 amide bonds. The van der Waals surface area contributed by atoms with E-state index >= 15 is 0 Å². The zero-order valence-corrected chi connectivity index (χ0v) is 15.0. The van der Waals surface area contributed by atoms with Crippen molar-refractivity contribution in [2.75, 3.05) is 6.67 Å². The second-order valence-electron chi connectivity index (χ2n) is 5.45. The van der Waals surface area contributed by atoms with Crippen LogP contribution in [0, 0.1) is 13.8 Å². The molecule has 1 heterocycles. The third-order valence-corrected chi connectivity index (χ3v) is 4.45. The lowest BCUT2D eigenvalue weighted by atomic mass is 10.1. The summed E-state index contributed by atoms with van der Waals surface area (Å²) in [5, 5.41) is 16.1. The summed E-state index contributed by atoms with van der Waals surface area (Å²) >= 11 is 11.9. The Bertz CT molecular complexity index is 823. The Morgan fingerprint density at radius 2 is 2.00 bits per heavy atom. The molecule has 6 nitrogen and oxygen atoms in total. The van der Waals surface area contributed by atoms with E-state index < -0.39 is 24.6 Å². The van der Waals surface area contributed by atoms with Crippen LogP contribution in [-0.4, -0.2) is 39.5 Å². The van der Waals surface area contributed by atoms with Gasteiger partial charge in [-0.2, -0.15) is 5.10 Å². The Morgan fingerprint density at radius 3 is 2.56 bits per heavy atom. The third-order valence-electron chi connectivity index (χ3n) is 3.71. The summed E-state index contributed by atoms with van der Waals surface area (Å²) < 4.78 is 14.2. The summed E-state index contributed by atoms with van der Waals surface area (Å²) in [5.41, 5.74) is 2.60. The molecule has 25 heavy (non-hydrogen) atoms. The highest BCUT2D eigenvalue weighted by Crippen LogP contribution is 2.26. The predicted molar refractivity (Wildman–Crippen MR) is 92.3 cm³/mol. The molecule has 0 aliphatic carbocycles. The average molecular weight is 388 g/mol. The first-order chi connectivity index (χ1) is 11.7. The molecule has 2 rings (SSSR count). The van der Waals surface area contributed by atoms with Gasteiger partial charge in [0.25, 0.3) is 0 Å². The SMILES string of the molecule is Cc1nn(-c2ccc(Cl)c(Cl)c2)c(C)c1CC(=O)NC(CF)C(=O)O. The Hall–Kier alpha value is -2.12. The summed E-state index contributed by atoms with van der Waals surface area (Å²) in [6.45, 7) is 2.32. The fourth-order valence-corrected chi connectivity index (χ4v) is 2.66. The number of carboxylic acid groups (broad SMARTS) is 1. The number of aryl methyl sites for hydroxylation is 1. The highest BCUT2D eigenvalue weighted by Gasteiger charge is 2.22. The first-order valence-corrected chi connectivity index (χ1v) is 8.08. The third kappa shape index (κ3) is 4.29. The van der Waals surface area contributed by atoms with Crippen molar-refractivity contribution in [2.45, 2.75) is 26.3 Å². The largest absolute Gasteiger partial charge is 0.480 e. The normalized spacial score (nSPS) is 12.0. The van der Waals surface area contributed by atoms with Crippen LogP contribution in [0.15, 0.2) is 18.2 Å². The van der Waals surface area contributed by atoms with Crippen LogP contribution in [0.1, 0.15) is 17.0 Å². The molecule has 0 saturated carbocycles. The van der Waals surface area contributed by atoms with Crippen LogP contribution in [0.4, 0.5) is 4.39 Å². The quantitative estimate of drug-likeness (QED) is 0.797. The molecule has 9 heteroatoms. The molecule has 134 valence electrons. The topological polar surface area (TPSA) is 84.2 Å². The monoisotopic (exact) mass is 387 g/mol. The summed E-state index contributed by atoms with van der Waals surface area (Å²) in [5.74, 6) is -2.01. The van der Waals surface area contributed by atoms with Gasteiger partial charge in [0.15, 0.2) is 6.04 Å². The van der Waals surface area contributed by atoms with Gasteiger partial charge in [-0.15, -0.1) is 0 Å². The molecule has 1 aromatic heterocycles. The minimum Gasteiger partial charge on any atom is -0.480 e. The van der Waals surface area contributed by atoms with E-state index in [1.165, 1.54) is 0 Å². The van der Waals surface area contributed by atoms with Crippen LogP contribution in [0.3, 0.4) is 0 Å². The Balaban J connectivity index is 2.26. The number of alkyl halides is 1. The molecule has 0 aliphatic heterocycles. The molecule has 1 unspecified atom stereocenters. The maximum atomic E-state index is 12.6. The molecule has 2 N–H and O–H groups in total. The molecule has 0 radical (unpaired) electrons. The number of nitrogens with one attached hydrogen (secondary N) is 1. The van der Waals surface area contributed by atoms with Crippen molar-refractivity contribution >= 4 is 35.1 Å². The molecule has 0 fully saturated rings. The van der Waals surface area contributed by atoms with Gasteiger partial charge in [-0.3, -0.25) is 4.79 Å². The molecule has 2 aromatic rings. The molecule has 1 aromatic carbocycles. The Labute approximate surface area is 153 Å². The predicted octanol–water partition coefficient (Wildman–Crippen LogP) is 2.88. The Kier molecular flexibility index (Phi) is 6.02. The zero-order valence-electron chi connectivity index (χ0n) is 13.5. The minimum atomic E-state index is -1.56. The van der Waals surface area contributed by atoms with Gasteiger partial charge in [-0.05, 0) is 32.0 Å². The number of rotatable bonds is 6. The van der Waals surface area contributed by atoms with Crippen LogP contribution < -0.4 is 5.32 Å². The maximum Gasteiger partial charge on any atom is 0.328 e. The molecular weight excluding hydrogens is 372 g/mol. The summed E-state index contributed by atoms with van der Waals surface area (Å²) in [4.78, 5) is 22.8. The number of carboxylic acids is 1. The first-order valence-electron chi connectivity index (χ1n) is 7.33. The number of hydrogen-bond donors (Lipinski definition) is 2. The number of amides is 1. The average Bonchev–Trinajstić information content (AvgIpc) is 2.83. The number of carbonyl (C=O) groups is 2. The van der Waals surface area contributed by atoms with E-state index in [-0.39, 0.29) is 6.42 Å². The lowest BCUT2D eigenvalue weighted by Crippen LogP contribution is -2.43. The van der Waals surface area contributed by atoms with Crippen molar-refractivity contribution in [3.05, 3.63) is 45.2 Å². The van der Waals surface area contributed by atoms with Gasteiger partial charge in [-0.25, -0.2) is 13.9 Å². The van der Waals surface area contributed by atoms with E-state index in [4.69, 9.17) is 28.3 Å². The number of aromatic nitrogens is 2.